The first kappa shape index (κ1) is 16.2. The number of esters is 1. The third-order valence-electron chi connectivity index (χ3n) is 3.74. The summed E-state index contributed by atoms with van der Waals surface area (Å²) in [5, 5.41) is 4.55. The average molecular weight is 344 g/mol. The van der Waals surface area contributed by atoms with Gasteiger partial charge in [0.25, 0.3) is 5.91 Å². The van der Waals surface area contributed by atoms with Crippen LogP contribution < -0.4 is 10.2 Å². The number of fused-ring (bicyclic) bond motifs is 1. The molecule has 2 aromatic rings. The molecule has 0 aliphatic carbocycles. The summed E-state index contributed by atoms with van der Waals surface area (Å²) in [5.41, 5.74) is 1.32. The van der Waals surface area contributed by atoms with Crippen molar-refractivity contribution in [2.45, 2.75) is 19.9 Å². The van der Waals surface area contributed by atoms with Crippen molar-refractivity contribution in [3.05, 3.63) is 46.2 Å². The number of carbonyl (C=O) groups is 3. The molecular formula is C17H16N2O4S. The van der Waals surface area contributed by atoms with Gasteiger partial charge in [-0.2, -0.15) is 0 Å². The predicted molar refractivity (Wildman–Crippen MR) is 91.6 cm³/mol. The molecule has 124 valence electrons. The number of carbonyl (C=O) groups excluding carboxylic acids is 3. The lowest BCUT2D eigenvalue weighted by molar-refractivity contribution is -0.117. The van der Waals surface area contributed by atoms with Crippen LogP contribution in [0.25, 0.3) is 0 Å². The van der Waals surface area contributed by atoms with E-state index in [4.69, 9.17) is 4.74 Å². The van der Waals surface area contributed by atoms with E-state index in [1.165, 1.54) is 22.3 Å². The molecule has 0 saturated heterocycles. The standard InChI is InChI=1S/C17H16N2O4S/c1-3-23-17(22)11-6-7-13-12(9-11)18-15(20)10(2)19(13)16(21)14-5-4-8-24-14/h4-10H,3H2,1-2H3,(H,18,20)/t10-/m1/s1. The molecule has 0 spiro atoms. The first-order valence-electron chi connectivity index (χ1n) is 7.52. The molecule has 1 aromatic heterocycles. The number of anilines is 2. The van der Waals surface area contributed by atoms with Gasteiger partial charge in [0.1, 0.15) is 6.04 Å². The van der Waals surface area contributed by atoms with Crippen LogP contribution in [0.1, 0.15) is 33.9 Å². The van der Waals surface area contributed by atoms with Gasteiger partial charge in [0.2, 0.25) is 5.91 Å². The van der Waals surface area contributed by atoms with Crippen LogP contribution in [-0.2, 0) is 9.53 Å². The van der Waals surface area contributed by atoms with Crippen LogP contribution >= 0.6 is 11.3 Å². The third-order valence-corrected chi connectivity index (χ3v) is 4.60. The lowest BCUT2D eigenvalue weighted by Gasteiger charge is -2.34. The molecule has 6 nitrogen and oxygen atoms in total. The summed E-state index contributed by atoms with van der Waals surface area (Å²) in [5.74, 6) is -1.00. The summed E-state index contributed by atoms with van der Waals surface area (Å²) in [4.78, 5) is 38.9. The van der Waals surface area contributed by atoms with Gasteiger partial charge in [-0.05, 0) is 43.5 Å². The summed E-state index contributed by atoms with van der Waals surface area (Å²) < 4.78 is 4.97. The Morgan fingerprint density at radius 2 is 2.12 bits per heavy atom. The zero-order chi connectivity index (χ0) is 17.3. The molecule has 1 aliphatic heterocycles. The molecule has 2 heterocycles. The molecule has 0 fully saturated rings. The number of rotatable bonds is 3. The molecule has 0 bridgehead atoms. The van der Waals surface area contributed by atoms with Gasteiger partial charge in [0.05, 0.1) is 28.4 Å². The fraction of sp³-hybridized carbons (Fsp3) is 0.235. The number of nitrogens with zero attached hydrogens (tertiary/aromatic N) is 1. The predicted octanol–water partition coefficient (Wildman–Crippen LogP) is 2.91. The van der Waals surface area contributed by atoms with Crippen molar-refractivity contribution in [3.63, 3.8) is 0 Å². The van der Waals surface area contributed by atoms with Crippen LogP contribution in [0.15, 0.2) is 35.7 Å². The Kier molecular flexibility index (Phi) is 4.35. The number of hydrogen-bond acceptors (Lipinski definition) is 5. The Bertz CT molecular complexity index is 801. The van der Waals surface area contributed by atoms with Crippen molar-refractivity contribution >= 4 is 40.5 Å². The van der Waals surface area contributed by atoms with Crippen LogP contribution in [0.3, 0.4) is 0 Å². The zero-order valence-corrected chi connectivity index (χ0v) is 14.1. The lowest BCUT2D eigenvalue weighted by Crippen LogP contribution is -2.49. The fourth-order valence-electron chi connectivity index (χ4n) is 2.55. The van der Waals surface area contributed by atoms with E-state index in [1.54, 1.807) is 38.1 Å². The largest absolute Gasteiger partial charge is 0.462 e. The Labute approximate surface area is 143 Å². The molecule has 1 aromatic carbocycles. The van der Waals surface area contributed by atoms with Crippen LogP contribution in [0.2, 0.25) is 0 Å². The summed E-state index contributed by atoms with van der Waals surface area (Å²) in [6, 6.07) is 7.65. The Morgan fingerprint density at radius 3 is 2.79 bits per heavy atom. The highest BCUT2D eigenvalue weighted by molar-refractivity contribution is 7.12. The maximum Gasteiger partial charge on any atom is 0.338 e. The van der Waals surface area contributed by atoms with E-state index in [9.17, 15) is 14.4 Å². The maximum absolute atomic E-state index is 12.8. The smallest absolute Gasteiger partial charge is 0.338 e. The van der Waals surface area contributed by atoms with Crippen molar-refractivity contribution in [2.75, 3.05) is 16.8 Å². The molecule has 1 atom stereocenters. The molecule has 1 aliphatic rings. The van der Waals surface area contributed by atoms with Gasteiger partial charge in [0, 0.05) is 0 Å². The van der Waals surface area contributed by atoms with Crippen LogP contribution in [0.4, 0.5) is 11.4 Å². The van der Waals surface area contributed by atoms with Crippen molar-refractivity contribution in [2.24, 2.45) is 0 Å². The topological polar surface area (TPSA) is 75.7 Å². The first-order valence-corrected chi connectivity index (χ1v) is 8.40. The summed E-state index contributed by atoms with van der Waals surface area (Å²) in [6.45, 7) is 3.66. The highest BCUT2D eigenvalue weighted by Crippen LogP contribution is 2.34. The number of hydrogen-bond donors (Lipinski definition) is 1. The highest BCUT2D eigenvalue weighted by atomic mass is 32.1. The molecule has 0 radical (unpaired) electrons. The molecular weight excluding hydrogens is 328 g/mol. The quantitative estimate of drug-likeness (QED) is 0.869. The summed E-state index contributed by atoms with van der Waals surface area (Å²) in [7, 11) is 0. The van der Waals surface area contributed by atoms with Gasteiger partial charge in [-0.15, -0.1) is 11.3 Å². The number of thiophene rings is 1. The SMILES string of the molecule is CCOC(=O)c1ccc2c(c1)NC(=O)[C@@H](C)N2C(=O)c1cccs1. The molecule has 7 heteroatoms. The number of amides is 2. The molecule has 2 amide bonds. The highest BCUT2D eigenvalue weighted by Gasteiger charge is 2.35. The van der Waals surface area contributed by atoms with Gasteiger partial charge in [-0.25, -0.2) is 4.79 Å². The third kappa shape index (κ3) is 2.78. The zero-order valence-electron chi connectivity index (χ0n) is 13.2. The Balaban J connectivity index is 2.02. The van der Waals surface area contributed by atoms with Crippen LogP contribution in [0, 0.1) is 0 Å². The van der Waals surface area contributed by atoms with E-state index < -0.39 is 12.0 Å². The van der Waals surface area contributed by atoms with Crippen molar-refractivity contribution in [1.82, 2.24) is 0 Å². The van der Waals surface area contributed by atoms with E-state index in [-0.39, 0.29) is 18.4 Å². The van der Waals surface area contributed by atoms with Gasteiger partial charge in [0.15, 0.2) is 0 Å². The molecule has 1 N–H and O–H groups in total. The van der Waals surface area contributed by atoms with E-state index in [1.807, 2.05) is 5.38 Å². The second kappa shape index (κ2) is 6.45. The van der Waals surface area contributed by atoms with Gasteiger partial charge in [-0.3, -0.25) is 14.5 Å². The molecule has 0 unspecified atom stereocenters. The molecule has 24 heavy (non-hydrogen) atoms. The monoisotopic (exact) mass is 344 g/mol. The van der Waals surface area contributed by atoms with E-state index in [2.05, 4.69) is 5.32 Å². The van der Waals surface area contributed by atoms with Gasteiger partial charge in [-0.1, -0.05) is 6.07 Å². The summed E-state index contributed by atoms with van der Waals surface area (Å²) >= 11 is 1.32. The molecule has 3 rings (SSSR count). The Hall–Kier alpha value is -2.67. The minimum Gasteiger partial charge on any atom is -0.462 e. The second-order valence-electron chi connectivity index (χ2n) is 5.27. The van der Waals surface area contributed by atoms with Crippen LogP contribution in [0.5, 0.6) is 0 Å². The lowest BCUT2D eigenvalue weighted by atomic mass is 10.1. The fourth-order valence-corrected chi connectivity index (χ4v) is 3.21. The minimum atomic E-state index is -0.638. The number of nitrogens with one attached hydrogen (secondary N) is 1. The van der Waals surface area contributed by atoms with Gasteiger partial charge >= 0.3 is 5.97 Å². The Morgan fingerprint density at radius 1 is 1.33 bits per heavy atom. The van der Waals surface area contributed by atoms with Crippen molar-refractivity contribution in [3.8, 4) is 0 Å². The van der Waals surface area contributed by atoms with E-state index >= 15 is 0 Å². The minimum absolute atomic E-state index is 0.238. The molecule has 0 saturated carbocycles. The first-order chi connectivity index (χ1) is 11.5. The average Bonchev–Trinajstić information content (AvgIpc) is 3.10. The van der Waals surface area contributed by atoms with Crippen LogP contribution in [-0.4, -0.2) is 30.4 Å². The van der Waals surface area contributed by atoms with E-state index in [0.717, 1.165) is 0 Å². The van der Waals surface area contributed by atoms with Crippen molar-refractivity contribution < 1.29 is 19.1 Å². The van der Waals surface area contributed by atoms with Gasteiger partial charge < -0.3 is 10.1 Å². The van der Waals surface area contributed by atoms with Crippen molar-refractivity contribution in [1.29, 1.82) is 0 Å². The number of ether oxygens (including phenoxy) is 1. The second-order valence-corrected chi connectivity index (χ2v) is 6.22. The normalized spacial score (nSPS) is 16.3. The summed E-state index contributed by atoms with van der Waals surface area (Å²) in [6.07, 6.45) is 0. The maximum atomic E-state index is 12.8. The number of benzene rings is 1. The van der Waals surface area contributed by atoms with E-state index in [0.29, 0.717) is 21.8 Å².